The van der Waals surface area contributed by atoms with Crippen LogP contribution in [0, 0.1) is 0 Å². The average Bonchev–Trinajstić information content (AvgIpc) is 2.31. The van der Waals surface area contributed by atoms with Crippen LogP contribution in [0.1, 0.15) is 12.8 Å². The van der Waals surface area contributed by atoms with Gasteiger partial charge in [0.15, 0.2) is 0 Å². The second kappa shape index (κ2) is 3.15. The van der Waals surface area contributed by atoms with Gasteiger partial charge in [-0.25, -0.2) is 0 Å². The SMILES string of the molecule is O=CC=CC1CCC(=O)O1. The van der Waals surface area contributed by atoms with Crippen molar-refractivity contribution in [3.05, 3.63) is 12.2 Å². The minimum atomic E-state index is -0.180. The Balaban J connectivity index is 2.37. The predicted molar refractivity (Wildman–Crippen MR) is 34.3 cm³/mol. The van der Waals surface area contributed by atoms with Crippen molar-refractivity contribution in [2.75, 3.05) is 0 Å². The van der Waals surface area contributed by atoms with Crippen LogP contribution < -0.4 is 0 Å². The molecule has 0 aromatic carbocycles. The number of carbonyl (C=O) groups excluding carboxylic acids is 2. The Bertz CT molecular complexity index is 172. The van der Waals surface area contributed by atoms with Crippen LogP contribution in [-0.4, -0.2) is 18.4 Å². The summed E-state index contributed by atoms with van der Waals surface area (Å²) in [7, 11) is 0. The van der Waals surface area contributed by atoms with Crippen LogP contribution in [-0.2, 0) is 14.3 Å². The van der Waals surface area contributed by atoms with Crippen molar-refractivity contribution in [2.24, 2.45) is 0 Å². The normalized spacial score (nSPS) is 25.2. The highest BCUT2D eigenvalue weighted by molar-refractivity contribution is 5.72. The van der Waals surface area contributed by atoms with E-state index in [2.05, 4.69) is 0 Å². The fourth-order valence-corrected chi connectivity index (χ4v) is 0.852. The van der Waals surface area contributed by atoms with Gasteiger partial charge in [0.1, 0.15) is 12.4 Å². The van der Waals surface area contributed by atoms with E-state index in [4.69, 9.17) is 4.74 Å². The lowest BCUT2D eigenvalue weighted by atomic mass is 10.2. The third-order valence-electron chi connectivity index (χ3n) is 1.32. The average molecular weight is 140 g/mol. The molecule has 1 unspecified atom stereocenters. The Morgan fingerprint density at radius 2 is 2.40 bits per heavy atom. The molecule has 54 valence electrons. The van der Waals surface area contributed by atoms with Crippen molar-refractivity contribution in [1.29, 1.82) is 0 Å². The van der Waals surface area contributed by atoms with Crippen molar-refractivity contribution in [1.82, 2.24) is 0 Å². The Morgan fingerprint density at radius 3 is 2.90 bits per heavy atom. The van der Waals surface area contributed by atoms with E-state index in [1.54, 1.807) is 6.08 Å². The van der Waals surface area contributed by atoms with Gasteiger partial charge >= 0.3 is 5.97 Å². The number of hydrogen-bond acceptors (Lipinski definition) is 3. The topological polar surface area (TPSA) is 43.4 Å². The van der Waals surface area contributed by atoms with E-state index in [0.29, 0.717) is 19.1 Å². The standard InChI is InChI=1S/C7H8O3/c8-5-1-2-6-3-4-7(9)10-6/h1-2,5-6H,3-4H2. The van der Waals surface area contributed by atoms with E-state index >= 15 is 0 Å². The first-order valence-corrected chi connectivity index (χ1v) is 3.14. The first-order chi connectivity index (χ1) is 4.83. The zero-order valence-corrected chi connectivity index (χ0v) is 5.45. The highest BCUT2D eigenvalue weighted by Crippen LogP contribution is 2.13. The van der Waals surface area contributed by atoms with E-state index in [0.717, 1.165) is 0 Å². The van der Waals surface area contributed by atoms with E-state index < -0.39 is 0 Å². The predicted octanol–water partition coefficient (Wildman–Crippen LogP) is 0.447. The molecular weight excluding hydrogens is 132 g/mol. The smallest absolute Gasteiger partial charge is 0.306 e. The Morgan fingerprint density at radius 1 is 1.60 bits per heavy atom. The van der Waals surface area contributed by atoms with E-state index in [-0.39, 0.29) is 12.1 Å². The number of cyclic esters (lactones) is 1. The zero-order chi connectivity index (χ0) is 7.40. The maximum atomic E-state index is 10.5. The molecule has 0 aliphatic carbocycles. The molecule has 1 heterocycles. The summed E-state index contributed by atoms with van der Waals surface area (Å²) in [6.07, 6.45) is 4.61. The van der Waals surface area contributed by atoms with Gasteiger partial charge in [-0.2, -0.15) is 0 Å². The van der Waals surface area contributed by atoms with Gasteiger partial charge < -0.3 is 4.74 Å². The first-order valence-electron chi connectivity index (χ1n) is 3.14. The second-order valence-electron chi connectivity index (χ2n) is 2.09. The number of aldehydes is 1. The largest absolute Gasteiger partial charge is 0.458 e. The van der Waals surface area contributed by atoms with Crippen LogP contribution in [0.4, 0.5) is 0 Å². The van der Waals surface area contributed by atoms with Gasteiger partial charge in [0.2, 0.25) is 0 Å². The summed E-state index contributed by atoms with van der Waals surface area (Å²) < 4.78 is 4.78. The molecular formula is C7H8O3. The molecule has 1 atom stereocenters. The summed E-state index contributed by atoms with van der Waals surface area (Å²) in [5.74, 6) is -0.180. The Kier molecular flexibility index (Phi) is 2.20. The minimum absolute atomic E-state index is 0.169. The van der Waals surface area contributed by atoms with Crippen molar-refractivity contribution in [3.8, 4) is 0 Å². The number of ether oxygens (including phenoxy) is 1. The molecule has 0 aromatic heterocycles. The lowest BCUT2D eigenvalue weighted by molar-refractivity contribution is -0.140. The second-order valence-corrected chi connectivity index (χ2v) is 2.09. The molecule has 1 rings (SSSR count). The highest BCUT2D eigenvalue weighted by atomic mass is 16.5. The molecule has 0 N–H and O–H groups in total. The molecule has 0 aromatic rings. The molecule has 0 radical (unpaired) electrons. The summed E-state index contributed by atoms with van der Waals surface area (Å²) in [5, 5.41) is 0. The van der Waals surface area contributed by atoms with Crippen LogP contribution in [0.15, 0.2) is 12.2 Å². The third-order valence-corrected chi connectivity index (χ3v) is 1.32. The molecule has 10 heavy (non-hydrogen) atoms. The summed E-state index contributed by atoms with van der Waals surface area (Å²) in [4.78, 5) is 20.3. The molecule has 0 saturated carbocycles. The van der Waals surface area contributed by atoms with Crippen LogP contribution in [0.2, 0.25) is 0 Å². The van der Waals surface area contributed by atoms with Gasteiger partial charge in [0.25, 0.3) is 0 Å². The molecule has 1 aliphatic rings. The number of hydrogen-bond donors (Lipinski definition) is 0. The molecule has 1 fully saturated rings. The summed E-state index contributed by atoms with van der Waals surface area (Å²) in [6, 6.07) is 0. The highest BCUT2D eigenvalue weighted by Gasteiger charge is 2.19. The van der Waals surface area contributed by atoms with E-state index in [1.807, 2.05) is 0 Å². The quantitative estimate of drug-likeness (QED) is 0.317. The van der Waals surface area contributed by atoms with Gasteiger partial charge in [-0.1, -0.05) is 0 Å². The fourth-order valence-electron chi connectivity index (χ4n) is 0.852. The zero-order valence-electron chi connectivity index (χ0n) is 5.45. The molecule has 3 nitrogen and oxygen atoms in total. The number of carbonyl (C=O) groups is 2. The third kappa shape index (κ3) is 1.69. The van der Waals surface area contributed by atoms with Crippen molar-refractivity contribution < 1.29 is 14.3 Å². The minimum Gasteiger partial charge on any atom is -0.458 e. The maximum absolute atomic E-state index is 10.5. The molecule has 1 aliphatic heterocycles. The van der Waals surface area contributed by atoms with Gasteiger partial charge in [-0.15, -0.1) is 0 Å². The van der Waals surface area contributed by atoms with Crippen LogP contribution >= 0.6 is 0 Å². The Hall–Kier alpha value is -1.12. The molecule has 0 spiro atoms. The van der Waals surface area contributed by atoms with Crippen molar-refractivity contribution >= 4 is 12.3 Å². The first kappa shape index (κ1) is 6.99. The van der Waals surface area contributed by atoms with Crippen LogP contribution in [0.3, 0.4) is 0 Å². The van der Waals surface area contributed by atoms with Gasteiger partial charge in [0, 0.05) is 6.42 Å². The lowest BCUT2D eigenvalue weighted by Crippen LogP contribution is -2.01. The van der Waals surface area contributed by atoms with E-state index in [1.165, 1.54) is 6.08 Å². The maximum Gasteiger partial charge on any atom is 0.306 e. The Labute approximate surface area is 58.7 Å². The number of esters is 1. The van der Waals surface area contributed by atoms with Gasteiger partial charge in [0.05, 0.1) is 0 Å². The fraction of sp³-hybridized carbons (Fsp3) is 0.429. The molecule has 3 heteroatoms. The molecule has 0 amide bonds. The van der Waals surface area contributed by atoms with Crippen LogP contribution in [0.5, 0.6) is 0 Å². The van der Waals surface area contributed by atoms with Crippen molar-refractivity contribution in [3.63, 3.8) is 0 Å². The molecule has 1 saturated heterocycles. The summed E-state index contributed by atoms with van der Waals surface area (Å²) in [5.41, 5.74) is 0. The van der Waals surface area contributed by atoms with Crippen LogP contribution in [0.25, 0.3) is 0 Å². The van der Waals surface area contributed by atoms with Gasteiger partial charge in [-0.3, -0.25) is 9.59 Å². The van der Waals surface area contributed by atoms with E-state index in [9.17, 15) is 9.59 Å². The van der Waals surface area contributed by atoms with Crippen molar-refractivity contribution in [2.45, 2.75) is 18.9 Å². The summed E-state index contributed by atoms with van der Waals surface area (Å²) >= 11 is 0. The summed E-state index contributed by atoms with van der Waals surface area (Å²) in [6.45, 7) is 0. The monoisotopic (exact) mass is 140 g/mol. The molecule has 0 bridgehead atoms. The lowest BCUT2D eigenvalue weighted by Gasteiger charge is -1.98. The number of rotatable bonds is 2. The number of allylic oxidation sites excluding steroid dienone is 1. The van der Waals surface area contributed by atoms with Gasteiger partial charge in [-0.05, 0) is 18.6 Å².